The van der Waals surface area contributed by atoms with Crippen molar-refractivity contribution in [3.8, 4) is 0 Å². The first-order chi connectivity index (χ1) is 8.99. The molecule has 6 heteroatoms. The van der Waals surface area contributed by atoms with Crippen LogP contribution in [0.3, 0.4) is 0 Å². The lowest BCUT2D eigenvalue weighted by molar-refractivity contribution is -0.148. The second-order valence-corrected chi connectivity index (χ2v) is 6.43. The van der Waals surface area contributed by atoms with Gasteiger partial charge in [0.25, 0.3) is 5.91 Å². The van der Waals surface area contributed by atoms with Crippen molar-refractivity contribution >= 4 is 41.1 Å². The minimum absolute atomic E-state index is 0.117. The molecule has 19 heavy (non-hydrogen) atoms. The van der Waals surface area contributed by atoms with Crippen molar-refractivity contribution in [2.75, 3.05) is 6.61 Å². The van der Waals surface area contributed by atoms with Crippen molar-refractivity contribution in [3.63, 3.8) is 0 Å². The quantitative estimate of drug-likeness (QED) is 0.853. The zero-order valence-electron chi connectivity index (χ0n) is 10.5. The van der Waals surface area contributed by atoms with Crippen molar-refractivity contribution in [2.24, 2.45) is 0 Å². The van der Waals surface area contributed by atoms with Crippen molar-refractivity contribution in [1.82, 2.24) is 4.72 Å². The molecular formula is C13H15Cl2NO2S. The van der Waals surface area contributed by atoms with E-state index in [2.05, 4.69) is 4.72 Å². The molecule has 0 aliphatic carbocycles. The highest BCUT2D eigenvalue weighted by atomic mass is 35.5. The number of ether oxygens (including phenoxy) is 1. The van der Waals surface area contributed by atoms with Crippen molar-refractivity contribution < 1.29 is 9.53 Å². The van der Waals surface area contributed by atoms with Crippen LogP contribution in [0.2, 0.25) is 10.0 Å². The highest BCUT2D eigenvalue weighted by Gasteiger charge is 2.35. The minimum atomic E-state index is -0.729. The van der Waals surface area contributed by atoms with Crippen LogP contribution in [0.25, 0.3) is 0 Å². The first kappa shape index (κ1) is 15.0. The molecule has 3 nitrogen and oxygen atoms in total. The molecule has 1 amide bonds. The van der Waals surface area contributed by atoms with E-state index in [1.54, 1.807) is 18.2 Å². The van der Waals surface area contributed by atoms with Crippen LogP contribution in [-0.2, 0) is 9.53 Å². The Labute approximate surface area is 127 Å². The van der Waals surface area contributed by atoms with Gasteiger partial charge in [-0.2, -0.15) is 0 Å². The number of carbonyl (C=O) groups excluding carboxylic acids is 1. The van der Waals surface area contributed by atoms with Crippen LogP contribution in [0.5, 0.6) is 0 Å². The number of hydrogen-bond acceptors (Lipinski definition) is 3. The predicted octanol–water partition coefficient (Wildman–Crippen LogP) is 4.08. The summed E-state index contributed by atoms with van der Waals surface area (Å²) in [6.45, 7) is 2.46. The molecule has 0 radical (unpaired) electrons. The van der Waals surface area contributed by atoms with Crippen molar-refractivity contribution in [2.45, 2.75) is 36.7 Å². The molecule has 0 aromatic heterocycles. The molecular weight excluding hydrogens is 305 g/mol. The molecule has 1 unspecified atom stereocenters. The lowest BCUT2D eigenvalue weighted by Crippen LogP contribution is -2.46. The minimum Gasteiger partial charge on any atom is -0.365 e. The number of carbonyl (C=O) groups is 1. The van der Waals surface area contributed by atoms with Gasteiger partial charge in [-0.25, -0.2) is 0 Å². The van der Waals surface area contributed by atoms with Crippen LogP contribution in [0, 0.1) is 0 Å². The largest absolute Gasteiger partial charge is 0.365 e. The number of halogens is 2. The first-order valence-electron chi connectivity index (χ1n) is 6.07. The van der Waals surface area contributed by atoms with Gasteiger partial charge in [-0.05, 0) is 56.3 Å². The zero-order valence-corrected chi connectivity index (χ0v) is 12.9. The molecule has 104 valence electrons. The van der Waals surface area contributed by atoms with E-state index in [1.165, 1.54) is 11.9 Å². The normalized spacial score (nSPS) is 23.1. The van der Waals surface area contributed by atoms with Gasteiger partial charge in [-0.1, -0.05) is 23.2 Å². The lowest BCUT2D eigenvalue weighted by Gasteiger charge is -2.31. The van der Waals surface area contributed by atoms with Gasteiger partial charge >= 0.3 is 0 Å². The van der Waals surface area contributed by atoms with E-state index in [9.17, 15) is 4.79 Å². The van der Waals surface area contributed by atoms with Crippen LogP contribution >= 0.6 is 35.1 Å². The third kappa shape index (κ3) is 4.02. The Bertz CT molecular complexity index is 455. The summed E-state index contributed by atoms with van der Waals surface area (Å²) < 4.78 is 8.38. The van der Waals surface area contributed by atoms with E-state index in [-0.39, 0.29) is 5.91 Å². The first-order valence-corrected chi connectivity index (χ1v) is 7.64. The van der Waals surface area contributed by atoms with E-state index in [4.69, 9.17) is 27.9 Å². The van der Waals surface area contributed by atoms with Crippen LogP contribution in [0.1, 0.15) is 26.2 Å². The predicted molar refractivity (Wildman–Crippen MR) is 78.7 cm³/mol. The second kappa shape index (κ2) is 6.35. The molecule has 1 aromatic carbocycles. The highest BCUT2D eigenvalue weighted by Crippen LogP contribution is 2.28. The molecule has 1 heterocycles. The summed E-state index contributed by atoms with van der Waals surface area (Å²) in [5.41, 5.74) is -0.729. The summed E-state index contributed by atoms with van der Waals surface area (Å²) in [7, 11) is 0. The molecule has 1 fully saturated rings. The van der Waals surface area contributed by atoms with Crippen LogP contribution in [0.4, 0.5) is 0 Å². The van der Waals surface area contributed by atoms with Gasteiger partial charge in [0.15, 0.2) is 0 Å². The maximum atomic E-state index is 12.1. The smallest absolute Gasteiger partial charge is 0.262 e. The van der Waals surface area contributed by atoms with E-state index >= 15 is 0 Å². The molecule has 0 bridgehead atoms. The van der Waals surface area contributed by atoms with Crippen LogP contribution < -0.4 is 4.72 Å². The van der Waals surface area contributed by atoms with Gasteiger partial charge in [0.1, 0.15) is 5.60 Å². The van der Waals surface area contributed by atoms with Crippen LogP contribution in [-0.4, -0.2) is 18.1 Å². The maximum Gasteiger partial charge on any atom is 0.262 e. The standard InChI is InChI=1S/C13H15Cl2NO2S/c1-13(4-2-3-5-18-13)12(17)16-19-11-7-9(14)6-10(15)8-11/h6-8H,2-5H2,1H3,(H,16,17). The average Bonchev–Trinajstić information content (AvgIpc) is 2.35. The number of hydrogen-bond donors (Lipinski definition) is 1. The maximum absolute atomic E-state index is 12.1. The Balaban J connectivity index is 1.96. The lowest BCUT2D eigenvalue weighted by atomic mass is 9.95. The van der Waals surface area contributed by atoms with E-state index in [0.717, 1.165) is 24.2 Å². The van der Waals surface area contributed by atoms with E-state index in [0.29, 0.717) is 16.7 Å². The van der Waals surface area contributed by atoms with Gasteiger partial charge in [0.2, 0.25) is 0 Å². The van der Waals surface area contributed by atoms with Crippen molar-refractivity contribution in [1.29, 1.82) is 0 Å². The second-order valence-electron chi connectivity index (χ2n) is 4.67. The number of benzene rings is 1. The molecule has 1 aliphatic heterocycles. The number of rotatable bonds is 3. The fraction of sp³-hybridized carbons (Fsp3) is 0.462. The third-order valence-corrected chi connectivity index (χ3v) is 4.24. The fourth-order valence-electron chi connectivity index (χ4n) is 1.91. The van der Waals surface area contributed by atoms with Crippen molar-refractivity contribution in [3.05, 3.63) is 28.2 Å². The SMILES string of the molecule is CC1(C(=O)NSc2cc(Cl)cc(Cl)c2)CCCCO1. The Morgan fingerprint density at radius 2 is 2.00 bits per heavy atom. The summed E-state index contributed by atoms with van der Waals surface area (Å²) >= 11 is 13.0. The molecule has 1 N–H and O–H groups in total. The summed E-state index contributed by atoms with van der Waals surface area (Å²) in [4.78, 5) is 12.9. The summed E-state index contributed by atoms with van der Waals surface area (Å²) in [5.74, 6) is -0.117. The zero-order chi connectivity index (χ0) is 13.9. The van der Waals surface area contributed by atoms with Gasteiger partial charge in [-0.3, -0.25) is 9.52 Å². The Hall–Kier alpha value is -0.420. The Morgan fingerprint density at radius 1 is 1.32 bits per heavy atom. The highest BCUT2D eigenvalue weighted by molar-refractivity contribution is 7.98. The third-order valence-electron chi connectivity index (χ3n) is 3.05. The van der Waals surface area contributed by atoms with Crippen LogP contribution in [0.15, 0.2) is 23.1 Å². The fourth-order valence-corrected chi connectivity index (χ4v) is 3.37. The Kier molecular flexibility index (Phi) is 5.01. The summed E-state index contributed by atoms with van der Waals surface area (Å²) in [5, 5.41) is 1.09. The number of amides is 1. The molecule has 1 aromatic rings. The monoisotopic (exact) mass is 319 g/mol. The molecule has 1 aliphatic rings. The van der Waals surface area contributed by atoms with E-state index < -0.39 is 5.60 Å². The molecule has 0 spiro atoms. The van der Waals surface area contributed by atoms with Gasteiger partial charge < -0.3 is 4.74 Å². The molecule has 0 saturated carbocycles. The Morgan fingerprint density at radius 3 is 2.58 bits per heavy atom. The van der Waals surface area contributed by atoms with Gasteiger partial charge in [0, 0.05) is 21.5 Å². The molecule has 1 atom stereocenters. The van der Waals surface area contributed by atoms with Gasteiger partial charge in [0.05, 0.1) is 0 Å². The topological polar surface area (TPSA) is 38.3 Å². The van der Waals surface area contributed by atoms with E-state index in [1.807, 2.05) is 6.92 Å². The molecule has 2 rings (SSSR count). The molecule has 1 saturated heterocycles. The number of nitrogens with one attached hydrogen (secondary N) is 1. The van der Waals surface area contributed by atoms with Gasteiger partial charge in [-0.15, -0.1) is 0 Å². The average molecular weight is 320 g/mol. The summed E-state index contributed by atoms with van der Waals surface area (Å²) in [6, 6.07) is 5.16. The summed E-state index contributed by atoms with van der Waals surface area (Å²) in [6.07, 6.45) is 2.77.